The smallest absolute Gasteiger partial charge is 0.222 e. The van der Waals surface area contributed by atoms with Gasteiger partial charge in [0, 0.05) is 19.5 Å². The molecule has 0 bridgehead atoms. The number of nitrogens with one attached hydrogen (secondary N) is 2. The van der Waals surface area contributed by atoms with Gasteiger partial charge in [0.2, 0.25) is 5.91 Å². The number of carbonyl (C=O) groups is 1. The van der Waals surface area contributed by atoms with E-state index in [9.17, 15) is 4.79 Å². The molecular formula is C20H18N4OS2. The lowest BCUT2D eigenvalue weighted by atomic mass is 10.1. The molecule has 7 heteroatoms. The third kappa shape index (κ3) is 3.99. The van der Waals surface area contributed by atoms with E-state index >= 15 is 0 Å². The first-order valence-corrected chi connectivity index (χ1v) is 9.93. The molecule has 0 fully saturated rings. The fourth-order valence-electron chi connectivity index (χ4n) is 2.97. The Bertz CT molecular complexity index is 1130. The lowest BCUT2D eigenvalue weighted by Gasteiger charge is -2.08. The molecule has 0 radical (unpaired) electrons. The predicted octanol–water partition coefficient (Wildman–Crippen LogP) is 4.53. The van der Waals surface area contributed by atoms with Crippen molar-refractivity contribution in [2.24, 2.45) is 0 Å². The second-order valence-electron chi connectivity index (χ2n) is 6.19. The highest BCUT2D eigenvalue weighted by Gasteiger charge is 2.11. The van der Waals surface area contributed by atoms with Crippen LogP contribution < -0.4 is 5.32 Å². The number of carbonyl (C=O) groups excluding carboxylic acids is 1. The normalized spacial score (nSPS) is 11.0. The van der Waals surface area contributed by atoms with Crippen LogP contribution in [0.25, 0.3) is 21.5 Å². The van der Waals surface area contributed by atoms with Crippen LogP contribution in [0.1, 0.15) is 12.0 Å². The number of benzene rings is 2. The zero-order valence-corrected chi connectivity index (χ0v) is 16.1. The minimum absolute atomic E-state index is 0.0108. The second-order valence-corrected chi connectivity index (χ2v) is 7.52. The summed E-state index contributed by atoms with van der Waals surface area (Å²) in [5.74, 6) is 0.765. The Morgan fingerprint density at radius 1 is 1.15 bits per heavy atom. The SMILES string of the molecule is O=C(CCn1c(-c2cccs2)n[nH]c1=S)NCc1ccc2ccccc2c1. The van der Waals surface area contributed by atoms with Gasteiger partial charge in [-0.15, -0.1) is 11.3 Å². The number of fused-ring (bicyclic) bond motifs is 1. The minimum Gasteiger partial charge on any atom is -0.352 e. The first-order valence-electron chi connectivity index (χ1n) is 8.64. The number of rotatable bonds is 6. The van der Waals surface area contributed by atoms with Gasteiger partial charge < -0.3 is 5.32 Å². The average Bonchev–Trinajstić information content (AvgIpc) is 3.34. The zero-order chi connectivity index (χ0) is 18.6. The molecule has 2 N–H and O–H groups in total. The summed E-state index contributed by atoms with van der Waals surface area (Å²) in [6.45, 7) is 1.00. The van der Waals surface area contributed by atoms with E-state index < -0.39 is 0 Å². The summed E-state index contributed by atoms with van der Waals surface area (Å²) in [6, 6.07) is 18.4. The molecule has 2 heterocycles. The number of amides is 1. The minimum atomic E-state index is -0.0108. The molecule has 0 atom stereocenters. The number of thiophene rings is 1. The van der Waals surface area contributed by atoms with Crippen molar-refractivity contribution < 1.29 is 4.79 Å². The molecule has 0 saturated carbocycles. The van der Waals surface area contributed by atoms with Crippen LogP contribution >= 0.6 is 23.6 Å². The van der Waals surface area contributed by atoms with Crippen LogP contribution in [0.3, 0.4) is 0 Å². The summed E-state index contributed by atoms with van der Waals surface area (Å²) in [7, 11) is 0. The molecule has 1 amide bonds. The monoisotopic (exact) mass is 394 g/mol. The van der Waals surface area contributed by atoms with Crippen LogP contribution in [0.15, 0.2) is 60.0 Å². The molecule has 27 heavy (non-hydrogen) atoms. The van der Waals surface area contributed by atoms with Crippen molar-refractivity contribution in [3.63, 3.8) is 0 Å². The Morgan fingerprint density at radius 3 is 2.81 bits per heavy atom. The van der Waals surface area contributed by atoms with Gasteiger partial charge in [-0.05, 0) is 46.1 Å². The largest absolute Gasteiger partial charge is 0.352 e. The molecule has 0 unspecified atom stereocenters. The van der Waals surface area contributed by atoms with E-state index in [4.69, 9.17) is 12.2 Å². The number of H-pyrrole nitrogens is 1. The summed E-state index contributed by atoms with van der Waals surface area (Å²) >= 11 is 6.90. The van der Waals surface area contributed by atoms with Gasteiger partial charge in [0.05, 0.1) is 4.88 Å². The molecule has 4 rings (SSSR count). The maximum atomic E-state index is 12.3. The Balaban J connectivity index is 1.37. The zero-order valence-electron chi connectivity index (χ0n) is 14.5. The summed E-state index contributed by atoms with van der Waals surface area (Å²) in [5.41, 5.74) is 1.08. The molecule has 0 spiro atoms. The van der Waals surface area contributed by atoms with Gasteiger partial charge in [-0.1, -0.05) is 42.5 Å². The van der Waals surface area contributed by atoms with Crippen LogP contribution in [-0.2, 0) is 17.9 Å². The standard InChI is InChI=1S/C20H18N4OS2/c25-18(21-13-14-7-8-15-4-1-2-5-16(15)12-14)9-10-24-19(22-23-20(24)26)17-6-3-11-27-17/h1-8,11-12H,9-10,13H2,(H,21,25)(H,23,26). The molecule has 2 aromatic carbocycles. The van der Waals surface area contributed by atoms with Crippen molar-refractivity contribution in [1.29, 1.82) is 0 Å². The summed E-state index contributed by atoms with van der Waals surface area (Å²) in [4.78, 5) is 13.3. The lowest BCUT2D eigenvalue weighted by molar-refractivity contribution is -0.121. The van der Waals surface area contributed by atoms with E-state index in [0.717, 1.165) is 16.3 Å². The molecule has 136 valence electrons. The number of aromatic nitrogens is 3. The van der Waals surface area contributed by atoms with Gasteiger partial charge >= 0.3 is 0 Å². The van der Waals surface area contributed by atoms with Crippen molar-refractivity contribution in [3.8, 4) is 10.7 Å². The van der Waals surface area contributed by atoms with E-state index in [1.54, 1.807) is 11.3 Å². The van der Waals surface area contributed by atoms with E-state index in [-0.39, 0.29) is 5.91 Å². The maximum Gasteiger partial charge on any atom is 0.222 e. The van der Waals surface area contributed by atoms with Crippen LogP contribution in [0.2, 0.25) is 0 Å². The molecule has 0 aliphatic heterocycles. The van der Waals surface area contributed by atoms with Crippen molar-refractivity contribution in [2.75, 3.05) is 0 Å². The molecule has 4 aromatic rings. The van der Waals surface area contributed by atoms with E-state index in [1.165, 1.54) is 10.8 Å². The molecule has 0 aliphatic rings. The Labute approximate surface area is 165 Å². The molecule has 2 aromatic heterocycles. The molecule has 0 aliphatic carbocycles. The van der Waals surface area contributed by atoms with Crippen LogP contribution in [-0.4, -0.2) is 20.7 Å². The van der Waals surface area contributed by atoms with Gasteiger partial charge in [-0.25, -0.2) is 0 Å². The summed E-state index contributed by atoms with van der Waals surface area (Å²) in [6.07, 6.45) is 0.347. The van der Waals surface area contributed by atoms with Crippen molar-refractivity contribution in [1.82, 2.24) is 20.1 Å². The van der Waals surface area contributed by atoms with Gasteiger partial charge in [0.1, 0.15) is 0 Å². The fourth-order valence-corrected chi connectivity index (χ4v) is 3.92. The Kier molecular flexibility index (Phi) is 5.13. The number of aromatic amines is 1. The van der Waals surface area contributed by atoms with Gasteiger partial charge in [0.25, 0.3) is 0 Å². The van der Waals surface area contributed by atoms with E-state index in [0.29, 0.717) is 24.3 Å². The quantitative estimate of drug-likeness (QED) is 0.472. The van der Waals surface area contributed by atoms with Gasteiger partial charge in [-0.3, -0.25) is 14.5 Å². The van der Waals surface area contributed by atoms with Crippen molar-refractivity contribution >= 4 is 40.2 Å². The molecule has 0 saturated heterocycles. The summed E-state index contributed by atoms with van der Waals surface area (Å²) < 4.78 is 2.40. The highest BCUT2D eigenvalue weighted by molar-refractivity contribution is 7.71. The third-order valence-corrected chi connectivity index (χ3v) is 5.54. The van der Waals surface area contributed by atoms with E-state index in [1.807, 2.05) is 40.3 Å². The maximum absolute atomic E-state index is 12.3. The first-order chi connectivity index (χ1) is 13.2. The van der Waals surface area contributed by atoms with Crippen LogP contribution in [0, 0.1) is 4.77 Å². The van der Waals surface area contributed by atoms with Gasteiger partial charge in [0.15, 0.2) is 10.6 Å². The average molecular weight is 395 g/mol. The van der Waals surface area contributed by atoms with Crippen LogP contribution in [0.4, 0.5) is 0 Å². The highest BCUT2D eigenvalue weighted by atomic mass is 32.1. The highest BCUT2D eigenvalue weighted by Crippen LogP contribution is 2.23. The predicted molar refractivity (Wildman–Crippen MR) is 111 cm³/mol. The van der Waals surface area contributed by atoms with E-state index in [2.05, 4.69) is 39.8 Å². The Hall–Kier alpha value is -2.77. The fraction of sp³-hybridized carbons (Fsp3) is 0.150. The number of hydrogen-bond donors (Lipinski definition) is 2. The van der Waals surface area contributed by atoms with Crippen LogP contribution in [0.5, 0.6) is 0 Å². The van der Waals surface area contributed by atoms with Gasteiger partial charge in [-0.2, -0.15) is 5.10 Å². The molecule has 5 nitrogen and oxygen atoms in total. The summed E-state index contributed by atoms with van der Waals surface area (Å²) in [5, 5.41) is 14.4. The second kappa shape index (κ2) is 7.85. The van der Waals surface area contributed by atoms with Crippen molar-refractivity contribution in [3.05, 3.63) is 70.3 Å². The number of nitrogens with zero attached hydrogens (tertiary/aromatic N) is 2. The lowest BCUT2D eigenvalue weighted by Crippen LogP contribution is -2.24. The topological polar surface area (TPSA) is 62.7 Å². The third-order valence-electron chi connectivity index (χ3n) is 4.37. The first kappa shape index (κ1) is 17.6. The molecular weight excluding hydrogens is 376 g/mol. The number of hydrogen-bond acceptors (Lipinski definition) is 4. The van der Waals surface area contributed by atoms with Crippen molar-refractivity contribution in [2.45, 2.75) is 19.5 Å². The Morgan fingerprint density at radius 2 is 2.00 bits per heavy atom.